The summed E-state index contributed by atoms with van der Waals surface area (Å²) < 4.78 is 0. The molecule has 198 valence electrons. The number of carbonyl (C=O) groups excluding carboxylic acids is 2. The van der Waals surface area contributed by atoms with E-state index >= 15 is 0 Å². The first kappa shape index (κ1) is 25.8. The van der Waals surface area contributed by atoms with E-state index < -0.39 is 0 Å². The van der Waals surface area contributed by atoms with Gasteiger partial charge in [-0.25, -0.2) is 0 Å². The van der Waals surface area contributed by atoms with Gasteiger partial charge in [0.15, 0.2) is 0 Å². The molecule has 1 saturated heterocycles. The molecular formula is C32H48N2O2. The van der Waals surface area contributed by atoms with E-state index in [1.165, 1.54) is 50.5 Å². The molecule has 0 spiro atoms. The molecule has 1 aromatic rings. The van der Waals surface area contributed by atoms with Crippen molar-refractivity contribution in [2.75, 3.05) is 7.05 Å². The van der Waals surface area contributed by atoms with Crippen molar-refractivity contribution >= 4 is 11.8 Å². The zero-order valence-corrected chi connectivity index (χ0v) is 23.5. The summed E-state index contributed by atoms with van der Waals surface area (Å²) in [5, 5.41) is 3.06. The second kappa shape index (κ2) is 9.17. The maximum Gasteiger partial charge on any atom is 0.251 e. The van der Waals surface area contributed by atoms with Gasteiger partial charge in [0.05, 0.1) is 0 Å². The SMILES string of the molecule is CN1C(=O)CC[C@]2(C)C3CC[C@@]4(C)C(CC[C@@H]4CCc4ccc(C(=O)NC(C)(C)C)cc4)C3CC[C@@H]12. The lowest BCUT2D eigenvalue weighted by atomic mass is 9.46. The second-order valence-corrected chi connectivity index (χ2v) is 14.2. The van der Waals surface area contributed by atoms with Gasteiger partial charge in [-0.3, -0.25) is 9.59 Å². The summed E-state index contributed by atoms with van der Waals surface area (Å²) in [5.41, 5.74) is 2.66. The van der Waals surface area contributed by atoms with Crippen LogP contribution in [0.25, 0.3) is 0 Å². The molecule has 1 aromatic carbocycles. The Bertz CT molecular complexity index is 994. The van der Waals surface area contributed by atoms with Crippen LogP contribution in [-0.2, 0) is 11.2 Å². The predicted octanol–water partition coefficient (Wildman–Crippen LogP) is 6.63. The molecule has 0 bridgehead atoms. The summed E-state index contributed by atoms with van der Waals surface area (Å²) in [6.45, 7) is 11.2. The first-order valence-corrected chi connectivity index (χ1v) is 14.6. The summed E-state index contributed by atoms with van der Waals surface area (Å²) >= 11 is 0. The fourth-order valence-corrected chi connectivity index (χ4v) is 9.31. The van der Waals surface area contributed by atoms with Gasteiger partial charge in [0.2, 0.25) is 5.91 Å². The first-order valence-electron chi connectivity index (χ1n) is 14.6. The Morgan fingerprint density at radius 2 is 1.67 bits per heavy atom. The van der Waals surface area contributed by atoms with Gasteiger partial charge < -0.3 is 10.2 Å². The van der Waals surface area contributed by atoms with Crippen LogP contribution in [0.3, 0.4) is 0 Å². The Morgan fingerprint density at radius 1 is 0.972 bits per heavy atom. The molecule has 0 radical (unpaired) electrons. The highest BCUT2D eigenvalue weighted by Crippen LogP contribution is 2.66. The van der Waals surface area contributed by atoms with Crippen molar-refractivity contribution in [3.05, 3.63) is 35.4 Å². The molecule has 3 saturated carbocycles. The zero-order chi connectivity index (χ0) is 25.9. The Kier molecular flexibility index (Phi) is 6.57. The van der Waals surface area contributed by atoms with E-state index in [1.54, 1.807) is 0 Å². The van der Waals surface area contributed by atoms with Crippen LogP contribution in [0.1, 0.15) is 108 Å². The van der Waals surface area contributed by atoms with E-state index in [-0.39, 0.29) is 11.4 Å². The van der Waals surface area contributed by atoms with Gasteiger partial charge in [-0.15, -0.1) is 0 Å². The number of aryl methyl sites for hydroxylation is 1. The van der Waals surface area contributed by atoms with E-state index in [2.05, 4.69) is 43.2 Å². The molecule has 3 unspecified atom stereocenters. The van der Waals surface area contributed by atoms with Crippen LogP contribution in [0.15, 0.2) is 24.3 Å². The Morgan fingerprint density at radius 3 is 2.36 bits per heavy atom. The van der Waals surface area contributed by atoms with E-state index in [0.717, 1.165) is 48.5 Å². The predicted molar refractivity (Wildman–Crippen MR) is 146 cm³/mol. The second-order valence-electron chi connectivity index (χ2n) is 14.2. The molecule has 7 atom stereocenters. The lowest BCUT2D eigenvalue weighted by Crippen LogP contribution is -2.61. The number of hydrogen-bond donors (Lipinski definition) is 1. The van der Waals surface area contributed by atoms with Gasteiger partial charge in [-0.05, 0) is 131 Å². The first-order chi connectivity index (χ1) is 16.9. The van der Waals surface area contributed by atoms with Gasteiger partial charge in [-0.2, -0.15) is 0 Å². The molecule has 36 heavy (non-hydrogen) atoms. The standard InChI is InChI=1S/C32H48N2O2/c1-30(2,3)33-29(36)22-10-7-21(8-11-22)9-12-23-13-15-25-24-14-16-27-32(5,20-18-28(35)34(27)6)26(24)17-19-31(23,25)4/h7-8,10-11,23-27H,9,12-20H2,1-6H3,(H,33,36)/t23-,24?,25?,26?,27+,31+,32+/m0/s1. The Hall–Kier alpha value is -1.84. The average Bonchev–Trinajstić information content (AvgIpc) is 3.16. The largest absolute Gasteiger partial charge is 0.347 e. The zero-order valence-electron chi connectivity index (χ0n) is 23.5. The monoisotopic (exact) mass is 492 g/mol. The molecule has 1 aliphatic heterocycles. The normalized spacial score (nSPS) is 38.2. The van der Waals surface area contributed by atoms with Crippen molar-refractivity contribution in [1.29, 1.82) is 0 Å². The van der Waals surface area contributed by atoms with E-state index in [4.69, 9.17) is 0 Å². The number of hydrogen-bond acceptors (Lipinski definition) is 2. The number of nitrogens with zero attached hydrogens (tertiary/aromatic N) is 1. The lowest BCUT2D eigenvalue weighted by molar-refractivity contribution is -0.158. The van der Waals surface area contributed by atoms with Crippen LogP contribution in [0.5, 0.6) is 0 Å². The molecule has 5 rings (SSSR count). The molecule has 2 amide bonds. The topological polar surface area (TPSA) is 49.4 Å². The fraction of sp³-hybridized carbons (Fsp3) is 0.750. The number of likely N-dealkylation sites (tertiary alicyclic amines) is 1. The van der Waals surface area contributed by atoms with Crippen LogP contribution in [0.4, 0.5) is 0 Å². The van der Waals surface area contributed by atoms with E-state index in [0.29, 0.717) is 22.8 Å². The summed E-state index contributed by atoms with van der Waals surface area (Å²) in [6.07, 6.45) is 12.2. The number of piperidine rings is 1. The maximum atomic E-state index is 12.5. The minimum absolute atomic E-state index is 0.00824. The summed E-state index contributed by atoms with van der Waals surface area (Å²) in [4.78, 5) is 27.0. The van der Waals surface area contributed by atoms with Crippen molar-refractivity contribution in [1.82, 2.24) is 10.2 Å². The third kappa shape index (κ3) is 4.41. The van der Waals surface area contributed by atoms with Crippen molar-refractivity contribution in [2.45, 2.75) is 110 Å². The van der Waals surface area contributed by atoms with E-state index in [1.807, 2.05) is 32.9 Å². The molecule has 0 aromatic heterocycles. The number of nitrogens with one attached hydrogen (secondary N) is 1. The maximum absolute atomic E-state index is 12.5. The van der Waals surface area contributed by atoms with Gasteiger partial charge in [0.1, 0.15) is 0 Å². The number of amides is 2. The summed E-state index contributed by atoms with van der Waals surface area (Å²) in [5.74, 6) is 3.65. The van der Waals surface area contributed by atoms with Crippen LogP contribution >= 0.6 is 0 Å². The minimum Gasteiger partial charge on any atom is -0.347 e. The van der Waals surface area contributed by atoms with Crippen molar-refractivity contribution in [3.8, 4) is 0 Å². The molecule has 1 N–H and O–H groups in total. The minimum atomic E-state index is -0.218. The lowest BCUT2D eigenvalue weighted by Gasteiger charge is -2.62. The highest BCUT2D eigenvalue weighted by Gasteiger charge is 2.60. The van der Waals surface area contributed by atoms with Crippen LogP contribution < -0.4 is 5.32 Å². The number of benzene rings is 1. The number of rotatable bonds is 4. The Balaban J connectivity index is 1.23. The third-order valence-electron chi connectivity index (χ3n) is 11.2. The third-order valence-corrected chi connectivity index (χ3v) is 11.2. The average molecular weight is 493 g/mol. The van der Waals surface area contributed by atoms with Gasteiger partial charge in [0.25, 0.3) is 5.91 Å². The fourth-order valence-electron chi connectivity index (χ4n) is 9.31. The molecule has 4 heteroatoms. The van der Waals surface area contributed by atoms with Crippen molar-refractivity contribution in [3.63, 3.8) is 0 Å². The Labute approximate surface area is 219 Å². The van der Waals surface area contributed by atoms with Gasteiger partial charge >= 0.3 is 0 Å². The highest BCUT2D eigenvalue weighted by molar-refractivity contribution is 5.94. The molecule has 4 nitrogen and oxygen atoms in total. The molecule has 3 aliphatic carbocycles. The molecule has 4 aliphatic rings. The molecule has 1 heterocycles. The number of carbonyl (C=O) groups is 2. The van der Waals surface area contributed by atoms with Crippen LogP contribution in [0, 0.1) is 34.5 Å². The van der Waals surface area contributed by atoms with Crippen LogP contribution in [0.2, 0.25) is 0 Å². The molecular weight excluding hydrogens is 444 g/mol. The van der Waals surface area contributed by atoms with Gasteiger partial charge in [-0.1, -0.05) is 26.0 Å². The number of fused-ring (bicyclic) bond motifs is 5. The highest BCUT2D eigenvalue weighted by atomic mass is 16.2. The molecule has 4 fully saturated rings. The van der Waals surface area contributed by atoms with E-state index in [9.17, 15) is 9.59 Å². The van der Waals surface area contributed by atoms with Gasteiger partial charge in [0, 0.05) is 30.6 Å². The quantitative estimate of drug-likeness (QED) is 0.513. The van der Waals surface area contributed by atoms with Crippen molar-refractivity contribution < 1.29 is 9.59 Å². The summed E-state index contributed by atoms with van der Waals surface area (Å²) in [7, 11) is 2.06. The van der Waals surface area contributed by atoms with Crippen molar-refractivity contribution in [2.24, 2.45) is 34.5 Å². The van der Waals surface area contributed by atoms with Crippen LogP contribution in [-0.4, -0.2) is 35.3 Å². The summed E-state index contributed by atoms with van der Waals surface area (Å²) in [6, 6.07) is 8.76. The smallest absolute Gasteiger partial charge is 0.251 e.